The number of carboxylic acids is 1. The fourth-order valence-corrected chi connectivity index (χ4v) is 6.53. The molecular formula is C30H33N3O5S. The van der Waals surface area contributed by atoms with Gasteiger partial charge in [-0.1, -0.05) is 48.5 Å². The molecule has 1 aliphatic rings. The molecule has 0 bridgehead atoms. The Balaban J connectivity index is 1.51. The lowest BCUT2D eigenvalue weighted by molar-refractivity contribution is 0.0664. The molecule has 204 valence electrons. The summed E-state index contributed by atoms with van der Waals surface area (Å²) in [4.78, 5) is 16.3. The summed E-state index contributed by atoms with van der Waals surface area (Å²) in [5, 5.41) is 9.93. The van der Waals surface area contributed by atoms with E-state index in [9.17, 15) is 18.3 Å². The van der Waals surface area contributed by atoms with E-state index in [0.717, 1.165) is 43.0 Å². The van der Waals surface area contributed by atoms with E-state index in [1.54, 1.807) is 6.92 Å². The molecule has 0 aliphatic carbocycles. The third-order valence-electron chi connectivity index (χ3n) is 7.41. The number of benzene rings is 3. The minimum absolute atomic E-state index is 0.112. The van der Waals surface area contributed by atoms with Gasteiger partial charge in [0.05, 0.1) is 4.90 Å². The van der Waals surface area contributed by atoms with Crippen molar-refractivity contribution in [3.63, 3.8) is 0 Å². The van der Waals surface area contributed by atoms with Crippen molar-refractivity contribution in [1.29, 1.82) is 0 Å². The number of hydrogen-bond acceptors (Lipinski definition) is 6. The summed E-state index contributed by atoms with van der Waals surface area (Å²) in [6, 6.07) is 22.4. The van der Waals surface area contributed by atoms with Crippen molar-refractivity contribution in [3.05, 3.63) is 95.2 Å². The van der Waals surface area contributed by atoms with Gasteiger partial charge >= 0.3 is 5.97 Å². The molecule has 2 heterocycles. The number of piperazine rings is 1. The molecule has 0 spiro atoms. The number of rotatable bonds is 9. The van der Waals surface area contributed by atoms with Crippen LogP contribution in [0.4, 0.5) is 5.69 Å². The maximum atomic E-state index is 14.1. The van der Waals surface area contributed by atoms with Gasteiger partial charge in [0.15, 0.2) is 0 Å². The number of carbonyl (C=O) groups is 1. The van der Waals surface area contributed by atoms with Crippen LogP contribution in [-0.4, -0.2) is 68.5 Å². The number of fused-ring (bicyclic) bond motifs is 1. The Labute approximate surface area is 229 Å². The van der Waals surface area contributed by atoms with Gasteiger partial charge in [0.25, 0.3) is 0 Å². The molecule has 0 amide bonds. The van der Waals surface area contributed by atoms with Gasteiger partial charge in [0.1, 0.15) is 5.58 Å². The molecule has 1 aromatic heterocycles. The molecule has 4 aromatic rings. The van der Waals surface area contributed by atoms with E-state index < -0.39 is 16.0 Å². The number of likely N-dealkylation sites (N-methyl/N-ethyl adjacent to an activating group) is 1. The molecule has 8 nitrogen and oxygen atoms in total. The summed E-state index contributed by atoms with van der Waals surface area (Å²) in [5.41, 5.74) is 3.81. The Morgan fingerprint density at radius 1 is 0.974 bits per heavy atom. The fraction of sp³-hybridized carbons (Fsp3) is 0.300. The molecule has 9 heteroatoms. The van der Waals surface area contributed by atoms with E-state index in [1.807, 2.05) is 48.5 Å². The van der Waals surface area contributed by atoms with Crippen molar-refractivity contribution in [2.45, 2.75) is 24.8 Å². The molecule has 1 N–H and O–H groups in total. The first-order chi connectivity index (χ1) is 18.7. The normalized spacial score (nSPS) is 14.8. The minimum Gasteiger partial charge on any atom is -0.475 e. The molecule has 1 aliphatic heterocycles. The van der Waals surface area contributed by atoms with E-state index in [4.69, 9.17) is 4.42 Å². The van der Waals surface area contributed by atoms with E-state index in [2.05, 4.69) is 22.9 Å². The lowest BCUT2D eigenvalue weighted by atomic mass is 10.1. The number of anilines is 1. The molecule has 39 heavy (non-hydrogen) atoms. The summed E-state index contributed by atoms with van der Waals surface area (Å²) < 4.78 is 35.3. The van der Waals surface area contributed by atoms with Crippen molar-refractivity contribution in [2.75, 3.05) is 44.7 Å². The van der Waals surface area contributed by atoms with Gasteiger partial charge in [-0.2, -0.15) is 4.31 Å². The van der Waals surface area contributed by atoms with Crippen LogP contribution >= 0.6 is 0 Å². The Kier molecular flexibility index (Phi) is 7.74. The zero-order valence-electron chi connectivity index (χ0n) is 22.2. The van der Waals surface area contributed by atoms with Gasteiger partial charge in [0.2, 0.25) is 15.8 Å². The van der Waals surface area contributed by atoms with E-state index in [-0.39, 0.29) is 17.2 Å². The Hall–Kier alpha value is -3.66. The maximum absolute atomic E-state index is 14.1. The second-order valence-electron chi connectivity index (χ2n) is 10.0. The third kappa shape index (κ3) is 5.71. The van der Waals surface area contributed by atoms with Crippen LogP contribution in [0.2, 0.25) is 0 Å². The number of aryl methyl sites for hydroxylation is 1. The lowest BCUT2D eigenvalue weighted by Gasteiger charge is -2.35. The fourth-order valence-electron chi connectivity index (χ4n) is 5.09. The van der Waals surface area contributed by atoms with Crippen molar-refractivity contribution >= 4 is 32.6 Å². The Morgan fingerprint density at radius 2 is 1.67 bits per heavy atom. The molecule has 3 aromatic carbocycles. The molecule has 5 rings (SSSR count). The number of aromatic carboxylic acids is 1. The molecule has 1 saturated heterocycles. The van der Waals surface area contributed by atoms with Crippen LogP contribution in [0.3, 0.4) is 0 Å². The molecule has 0 saturated carbocycles. The van der Waals surface area contributed by atoms with Gasteiger partial charge < -0.3 is 19.3 Å². The van der Waals surface area contributed by atoms with Crippen LogP contribution in [0, 0.1) is 6.92 Å². The number of carboxylic acid groups (broad SMARTS) is 1. The van der Waals surface area contributed by atoms with Crippen LogP contribution < -0.4 is 4.90 Å². The van der Waals surface area contributed by atoms with Crippen LogP contribution in [0.15, 0.2) is 82.1 Å². The summed E-state index contributed by atoms with van der Waals surface area (Å²) in [6.45, 7) is 5.82. The number of nitrogens with zero attached hydrogens (tertiary/aromatic N) is 3. The van der Waals surface area contributed by atoms with Gasteiger partial charge in [0, 0.05) is 55.9 Å². The van der Waals surface area contributed by atoms with E-state index in [1.165, 1.54) is 22.5 Å². The Bertz CT molecular complexity index is 1570. The standard InChI is InChI=1S/C30H33N3O5S/c1-22-26-20-25(12-13-28(26)38-29(22)30(34)35)39(36,37)33(15-14-23-8-4-3-5-9-23)21-24-10-6-7-11-27(24)32-18-16-31(2)17-19-32/h3-13,20H,14-19,21H2,1-2H3,(H,34,35). The lowest BCUT2D eigenvalue weighted by Crippen LogP contribution is -2.45. The Morgan fingerprint density at radius 3 is 2.38 bits per heavy atom. The average Bonchev–Trinajstić information content (AvgIpc) is 3.28. The van der Waals surface area contributed by atoms with Gasteiger partial charge in [-0.15, -0.1) is 0 Å². The largest absolute Gasteiger partial charge is 0.475 e. The zero-order chi connectivity index (χ0) is 27.6. The number of sulfonamides is 1. The highest BCUT2D eigenvalue weighted by molar-refractivity contribution is 7.89. The summed E-state index contributed by atoms with van der Waals surface area (Å²) >= 11 is 0. The average molecular weight is 548 g/mol. The van der Waals surface area contributed by atoms with Gasteiger partial charge in [-0.25, -0.2) is 13.2 Å². The van der Waals surface area contributed by atoms with E-state index >= 15 is 0 Å². The molecule has 0 radical (unpaired) electrons. The quantitative estimate of drug-likeness (QED) is 0.327. The van der Waals surface area contributed by atoms with Gasteiger partial charge in [-0.3, -0.25) is 0 Å². The molecule has 1 fully saturated rings. The van der Waals surface area contributed by atoms with Crippen molar-refractivity contribution in [1.82, 2.24) is 9.21 Å². The summed E-state index contributed by atoms with van der Waals surface area (Å²) in [6.07, 6.45) is 0.562. The number of furan rings is 1. The molecular weight excluding hydrogens is 514 g/mol. The van der Waals surface area contributed by atoms with Crippen LogP contribution in [0.5, 0.6) is 0 Å². The van der Waals surface area contributed by atoms with Gasteiger partial charge in [-0.05, 0) is 55.8 Å². The van der Waals surface area contributed by atoms with Crippen molar-refractivity contribution < 1.29 is 22.7 Å². The minimum atomic E-state index is -3.93. The van der Waals surface area contributed by atoms with Crippen molar-refractivity contribution in [2.24, 2.45) is 0 Å². The number of hydrogen-bond donors (Lipinski definition) is 1. The van der Waals surface area contributed by atoms with E-state index in [0.29, 0.717) is 29.5 Å². The SMILES string of the molecule is Cc1c(C(=O)O)oc2ccc(S(=O)(=O)N(CCc3ccccc3)Cc3ccccc3N3CCN(C)CC3)cc12. The topological polar surface area (TPSA) is 94.3 Å². The zero-order valence-corrected chi connectivity index (χ0v) is 23.0. The predicted octanol–water partition coefficient (Wildman–Crippen LogP) is 4.62. The van der Waals surface area contributed by atoms with Crippen LogP contribution in [0.1, 0.15) is 27.2 Å². The second kappa shape index (κ2) is 11.2. The first-order valence-electron chi connectivity index (χ1n) is 13.1. The smallest absolute Gasteiger partial charge is 0.372 e. The highest BCUT2D eigenvalue weighted by Crippen LogP contribution is 2.31. The number of para-hydroxylation sites is 1. The first kappa shape index (κ1) is 26.9. The summed E-state index contributed by atoms with van der Waals surface area (Å²) in [7, 11) is -1.82. The maximum Gasteiger partial charge on any atom is 0.372 e. The monoisotopic (exact) mass is 547 g/mol. The van der Waals surface area contributed by atoms with Crippen LogP contribution in [-0.2, 0) is 23.0 Å². The third-order valence-corrected chi connectivity index (χ3v) is 9.26. The second-order valence-corrected chi connectivity index (χ2v) is 12.0. The molecule has 0 unspecified atom stereocenters. The van der Waals surface area contributed by atoms with Crippen LogP contribution in [0.25, 0.3) is 11.0 Å². The first-order valence-corrected chi connectivity index (χ1v) is 14.5. The predicted molar refractivity (Wildman–Crippen MR) is 152 cm³/mol. The van der Waals surface area contributed by atoms with Crippen molar-refractivity contribution in [3.8, 4) is 0 Å². The summed E-state index contributed by atoms with van der Waals surface area (Å²) in [5.74, 6) is -1.36. The highest BCUT2D eigenvalue weighted by Gasteiger charge is 2.28. The molecule has 0 atom stereocenters. The highest BCUT2D eigenvalue weighted by atomic mass is 32.2.